The number of ether oxygens (including phenoxy) is 2. The van der Waals surface area contributed by atoms with Gasteiger partial charge < -0.3 is 14.8 Å². The van der Waals surface area contributed by atoms with Crippen molar-refractivity contribution in [2.75, 3.05) is 5.32 Å². The largest absolute Gasteiger partial charge is 0.491 e. The Morgan fingerprint density at radius 2 is 1.75 bits per heavy atom. The summed E-state index contributed by atoms with van der Waals surface area (Å²) >= 11 is 0. The minimum Gasteiger partial charge on any atom is -0.491 e. The zero-order valence-corrected chi connectivity index (χ0v) is 14.9. The molecule has 0 unspecified atom stereocenters. The van der Waals surface area contributed by atoms with Gasteiger partial charge in [-0.1, -0.05) is 18.2 Å². The molecule has 0 fully saturated rings. The molecule has 0 aliphatic heterocycles. The molecule has 128 valence electrons. The van der Waals surface area contributed by atoms with E-state index in [9.17, 15) is 4.79 Å². The summed E-state index contributed by atoms with van der Waals surface area (Å²) in [5.74, 6) is 1.26. The van der Waals surface area contributed by atoms with Crippen molar-refractivity contribution in [2.45, 2.75) is 46.8 Å². The Hall–Kier alpha value is -2.49. The summed E-state index contributed by atoms with van der Waals surface area (Å²) in [6, 6.07) is 13.3. The lowest BCUT2D eigenvalue weighted by Crippen LogP contribution is -2.30. The first-order chi connectivity index (χ1) is 11.3. The quantitative estimate of drug-likeness (QED) is 0.850. The van der Waals surface area contributed by atoms with E-state index < -0.39 is 6.10 Å². The van der Waals surface area contributed by atoms with Crippen LogP contribution in [-0.4, -0.2) is 18.1 Å². The van der Waals surface area contributed by atoms with E-state index >= 15 is 0 Å². The predicted octanol–water partition coefficient (Wildman–Crippen LogP) is 4.50. The Morgan fingerprint density at radius 1 is 1.00 bits per heavy atom. The third-order valence-electron chi connectivity index (χ3n) is 3.49. The summed E-state index contributed by atoms with van der Waals surface area (Å²) in [4.78, 5) is 12.4. The minimum atomic E-state index is -0.597. The van der Waals surface area contributed by atoms with E-state index in [2.05, 4.69) is 5.32 Å². The number of aryl methyl sites for hydroxylation is 2. The summed E-state index contributed by atoms with van der Waals surface area (Å²) in [7, 11) is 0. The SMILES string of the molecule is Cc1ccc(C)c(O[C@@H](C)C(=O)Nc2cccc(OC(C)C)c2)c1. The van der Waals surface area contributed by atoms with Gasteiger partial charge in [0, 0.05) is 11.8 Å². The van der Waals surface area contributed by atoms with Crippen LogP contribution in [0.1, 0.15) is 31.9 Å². The zero-order chi connectivity index (χ0) is 17.7. The topological polar surface area (TPSA) is 47.6 Å². The van der Waals surface area contributed by atoms with Gasteiger partial charge in [0.05, 0.1) is 6.10 Å². The molecule has 2 aromatic rings. The van der Waals surface area contributed by atoms with Crippen molar-refractivity contribution in [1.29, 1.82) is 0 Å². The Bertz CT molecular complexity index is 710. The van der Waals surface area contributed by atoms with Crippen molar-refractivity contribution in [1.82, 2.24) is 0 Å². The predicted molar refractivity (Wildman–Crippen MR) is 96.8 cm³/mol. The molecule has 0 aromatic heterocycles. The van der Waals surface area contributed by atoms with Gasteiger partial charge in [0.15, 0.2) is 6.10 Å². The molecule has 4 heteroatoms. The summed E-state index contributed by atoms with van der Waals surface area (Å²) in [5.41, 5.74) is 2.80. The Morgan fingerprint density at radius 3 is 2.46 bits per heavy atom. The van der Waals surface area contributed by atoms with Crippen molar-refractivity contribution >= 4 is 11.6 Å². The van der Waals surface area contributed by atoms with E-state index in [0.717, 1.165) is 22.6 Å². The Balaban J connectivity index is 2.02. The number of hydrogen-bond donors (Lipinski definition) is 1. The number of benzene rings is 2. The van der Waals surface area contributed by atoms with Crippen LogP contribution in [0.25, 0.3) is 0 Å². The highest BCUT2D eigenvalue weighted by molar-refractivity contribution is 5.94. The van der Waals surface area contributed by atoms with E-state index in [1.54, 1.807) is 6.92 Å². The summed E-state index contributed by atoms with van der Waals surface area (Å²) < 4.78 is 11.5. The van der Waals surface area contributed by atoms with Crippen LogP contribution in [0.2, 0.25) is 0 Å². The van der Waals surface area contributed by atoms with Gasteiger partial charge in [-0.2, -0.15) is 0 Å². The van der Waals surface area contributed by atoms with Crippen LogP contribution in [0.4, 0.5) is 5.69 Å². The molecule has 0 aliphatic rings. The summed E-state index contributed by atoms with van der Waals surface area (Å²) in [6.07, 6.45) is -0.511. The maximum atomic E-state index is 12.4. The number of carbonyl (C=O) groups is 1. The van der Waals surface area contributed by atoms with Crippen LogP contribution < -0.4 is 14.8 Å². The molecule has 0 radical (unpaired) electrons. The van der Waals surface area contributed by atoms with Crippen LogP contribution in [-0.2, 0) is 4.79 Å². The molecule has 0 heterocycles. The molecule has 4 nitrogen and oxygen atoms in total. The molecule has 0 saturated heterocycles. The van der Waals surface area contributed by atoms with E-state index in [1.165, 1.54) is 0 Å². The van der Waals surface area contributed by atoms with Crippen molar-refractivity contribution in [3.63, 3.8) is 0 Å². The molecule has 1 atom stereocenters. The third-order valence-corrected chi connectivity index (χ3v) is 3.49. The molecule has 0 aliphatic carbocycles. The number of amides is 1. The first-order valence-corrected chi connectivity index (χ1v) is 8.16. The molecule has 24 heavy (non-hydrogen) atoms. The number of carbonyl (C=O) groups excluding carboxylic acids is 1. The highest BCUT2D eigenvalue weighted by Crippen LogP contribution is 2.22. The molecule has 1 N–H and O–H groups in total. The first kappa shape index (κ1) is 17.9. The van der Waals surface area contributed by atoms with Crippen LogP contribution >= 0.6 is 0 Å². The number of hydrogen-bond acceptors (Lipinski definition) is 3. The average molecular weight is 327 g/mol. The van der Waals surface area contributed by atoms with Gasteiger partial charge in [-0.15, -0.1) is 0 Å². The number of anilines is 1. The number of rotatable bonds is 6. The second-order valence-corrected chi connectivity index (χ2v) is 6.21. The standard InChI is InChI=1S/C20H25NO3/c1-13(2)23-18-8-6-7-17(12-18)21-20(22)16(5)24-19-11-14(3)9-10-15(19)4/h6-13,16H,1-5H3,(H,21,22)/t16-/m0/s1. The molecule has 0 bridgehead atoms. The lowest BCUT2D eigenvalue weighted by molar-refractivity contribution is -0.122. The molecule has 0 spiro atoms. The fraction of sp³-hybridized carbons (Fsp3) is 0.350. The fourth-order valence-corrected chi connectivity index (χ4v) is 2.24. The van der Waals surface area contributed by atoms with Gasteiger partial charge in [0.2, 0.25) is 0 Å². The second-order valence-electron chi connectivity index (χ2n) is 6.21. The van der Waals surface area contributed by atoms with Crippen molar-refractivity contribution in [2.24, 2.45) is 0 Å². The van der Waals surface area contributed by atoms with E-state index in [0.29, 0.717) is 5.69 Å². The monoisotopic (exact) mass is 327 g/mol. The molecule has 0 saturated carbocycles. The van der Waals surface area contributed by atoms with Gasteiger partial charge in [-0.25, -0.2) is 0 Å². The van der Waals surface area contributed by atoms with Crippen LogP contribution in [0.15, 0.2) is 42.5 Å². The Kier molecular flexibility index (Phi) is 5.85. The lowest BCUT2D eigenvalue weighted by atomic mass is 10.1. The minimum absolute atomic E-state index is 0.0857. The second kappa shape index (κ2) is 7.86. The molecule has 1 amide bonds. The van der Waals surface area contributed by atoms with Crippen molar-refractivity contribution in [3.05, 3.63) is 53.6 Å². The maximum absolute atomic E-state index is 12.4. The van der Waals surface area contributed by atoms with Crippen LogP contribution in [0, 0.1) is 13.8 Å². The zero-order valence-electron chi connectivity index (χ0n) is 14.9. The average Bonchev–Trinajstić information content (AvgIpc) is 2.50. The maximum Gasteiger partial charge on any atom is 0.265 e. The lowest BCUT2D eigenvalue weighted by Gasteiger charge is -2.17. The summed E-state index contributed by atoms with van der Waals surface area (Å²) in [5, 5.41) is 2.87. The van der Waals surface area contributed by atoms with Crippen molar-refractivity contribution in [3.8, 4) is 11.5 Å². The van der Waals surface area contributed by atoms with Crippen LogP contribution in [0.3, 0.4) is 0 Å². The van der Waals surface area contributed by atoms with E-state index in [1.807, 2.05) is 70.2 Å². The Labute approximate surface area is 143 Å². The first-order valence-electron chi connectivity index (χ1n) is 8.16. The van der Waals surface area contributed by atoms with Gasteiger partial charge in [-0.3, -0.25) is 4.79 Å². The third kappa shape index (κ3) is 5.01. The van der Waals surface area contributed by atoms with Crippen molar-refractivity contribution < 1.29 is 14.3 Å². The molecular weight excluding hydrogens is 302 g/mol. The summed E-state index contributed by atoms with van der Waals surface area (Å²) in [6.45, 7) is 9.63. The number of nitrogens with one attached hydrogen (secondary N) is 1. The van der Waals surface area contributed by atoms with Gasteiger partial charge in [0.25, 0.3) is 5.91 Å². The smallest absolute Gasteiger partial charge is 0.265 e. The van der Waals surface area contributed by atoms with Gasteiger partial charge in [-0.05, 0) is 63.9 Å². The highest BCUT2D eigenvalue weighted by Gasteiger charge is 2.16. The van der Waals surface area contributed by atoms with E-state index in [-0.39, 0.29) is 12.0 Å². The highest BCUT2D eigenvalue weighted by atomic mass is 16.5. The van der Waals surface area contributed by atoms with Crippen LogP contribution in [0.5, 0.6) is 11.5 Å². The molecular formula is C20H25NO3. The normalized spacial score (nSPS) is 11.9. The van der Waals surface area contributed by atoms with Gasteiger partial charge >= 0.3 is 0 Å². The molecule has 2 rings (SSSR count). The van der Waals surface area contributed by atoms with Gasteiger partial charge in [0.1, 0.15) is 11.5 Å². The molecule has 2 aromatic carbocycles. The fourth-order valence-electron chi connectivity index (χ4n) is 2.24. The van der Waals surface area contributed by atoms with E-state index in [4.69, 9.17) is 9.47 Å².